The van der Waals surface area contributed by atoms with Crippen LogP contribution in [0.4, 0.5) is 21.0 Å². The molecular weight excluding hydrogens is 291 g/mol. The normalized spacial score (nSPS) is 10.4. The second-order valence-electron chi connectivity index (χ2n) is 4.34. The largest absolute Gasteiger partial charge is 0.382 e. The van der Waals surface area contributed by atoms with Crippen LogP contribution in [-0.2, 0) is 0 Å². The third-order valence-corrected chi connectivity index (χ3v) is 4.12. The Morgan fingerprint density at radius 3 is 2.52 bits per heavy atom. The zero-order chi connectivity index (χ0) is 15.4. The molecule has 2 aromatic rings. The summed E-state index contributed by atoms with van der Waals surface area (Å²) in [6, 6.07) is 5.56. The number of nitrogens with two attached hydrogens (primary N) is 1. The second-order valence-corrected chi connectivity index (χ2v) is 5.32. The van der Waals surface area contributed by atoms with Crippen LogP contribution in [0.15, 0.2) is 24.3 Å². The van der Waals surface area contributed by atoms with Crippen LogP contribution in [-0.4, -0.2) is 24.0 Å². The lowest BCUT2D eigenvalue weighted by molar-refractivity contribution is 0.103. The highest BCUT2D eigenvalue weighted by Gasteiger charge is 2.18. The zero-order valence-corrected chi connectivity index (χ0v) is 12.7. The van der Waals surface area contributed by atoms with E-state index in [9.17, 15) is 9.18 Å². The molecule has 0 saturated heterocycles. The Morgan fingerprint density at radius 2 is 1.95 bits per heavy atom. The lowest BCUT2D eigenvalue weighted by atomic mass is 10.3. The fourth-order valence-electron chi connectivity index (χ4n) is 1.83. The highest BCUT2D eigenvalue weighted by Crippen LogP contribution is 2.28. The van der Waals surface area contributed by atoms with Crippen LogP contribution >= 0.6 is 11.3 Å². The van der Waals surface area contributed by atoms with Gasteiger partial charge in [-0.1, -0.05) is 11.3 Å². The number of hydrogen-bond donors (Lipinski definition) is 2. The van der Waals surface area contributed by atoms with Crippen LogP contribution in [0.1, 0.15) is 23.5 Å². The number of carbonyl (C=O) groups excluding carboxylic acids is 1. The van der Waals surface area contributed by atoms with Crippen molar-refractivity contribution in [2.75, 3.05) is 29.0 Å². The van der Waals surface area contributed by atoms with Crippen molar-refractivity contribution in [3.63, 3.8) is 0 Å². The number of aromatic nitrogens is 1. The number of thiazole rings is 1. The predicted octanol–water partition coefficient (Wildman–Crippen LogP) is 2.96. The minimum absolute atomic E-state index is 0.210. The van der Waals surface area contributed by atoms with Gasteiger partial charge in [0, 0.05) is 18.8 Å². The first-order chi connectivity index (χ1) is 10.0. The molecule has 1 aromatic carbocycles. The monoisotopic (exact) mass is 308 g/mol. The van der Waals surface area contributed by atoms with Gasteiger partial charge in [0.25, 0.3) is 5.91 Å². The maximum atomic E-state index is 12.8. The first kappa shape index (κ1) is 15.2. The fourth-order valence-corrected chi connectivity index (χ4v) is 2.84. The number of anilines is 3. The number of nitrogen functional groups attached to an aromatic ring is 1. The van der Waals surface area contributed by atoms with Gasteiger partial charge in [-0.15, -0.1) is 0 Å². The zero-order valence-electron chi connectivity index (χ0n) is 11.9. The molecule has 0 unspecified atom stereocenters. The Bertz CT molecular complexity index is 622. The molecule has 2 rings (SSSR count). The van der Waals surface area contributed by atoms with Gasteiger partial charge in [-0.2, -0.15) is 0 Å². The number of amides is 1. The maximum Gasteiger partial charge on any atom is 0.269 e. The van der Waals surface area contributed by atoms with E-state index in [-0.39, 0.29) is 17.5 Å². The van der Waals surface area contributed by atoms with Gasteiger partial charge in [-0.3, -0.25) is 4.79 Å². The van der Waals surface area contributed by atoms with E-state index in [1.807, 2.05) is 18.7 Å². The Morgan fingerprint density at radius 1 is 1.33 bits per heavy atom. The first-order valence-corrected chi connectivity index (χ1v) is 7.45. The summed E-state index contributed by atoms with van der Waals surface area (Å²) in [5.74, 6) is -0.481. The Balaban J connectivity index is 2.17. The molecule has 21 heavy (non-hydrogen) atoms. The molecule has 0 bridgehead atoms. The average molecular weight is 308 g/mol. The average Bonchev–Trinajstić information content (AvgIpc) is 2.85. The van der Waals surface area contributed by atoms with Gasteiger partial charge in [0.15, 0.2) is 5.13 Å². The lowest BCUT2D eigenvalue weighted by Crippen LogP contribution is -2.21. The quantitative estimate of drug-likeness (QED) is 0.891. The predicted molar refractivity (Wildman–Crippen MR) is 84.4 cm³/mol. The van der Waals surface area contributed by atoms with Crippen LogP contribution < -0.4 is 16.0 Å². The molecule has 3 N–H and O–H groups in total. The van der Waals surface area contributed by atoms with E-state index < -0.39 is 0 Å². The highest BCUT2D eigenvalue weighted by atomic mass is 32.1. The number of hydrogen-bond acceptors (Lipinski definition) is 5. The number of nitrogens with zero attached hydrogens (tertiary/aromatic N) is 2. The van der Waals surface area contributed by atoms with E-state index >= 15 is 0 Å². The van der Waals surface area contributed by atoms with Gasteiger partial charge < -0.3 is 16.0 Å². The molecule has 0 aliphatic carbocycles. The highest BCUT2D eigenvalue weighted by molar-refractivity contribution is 7.18. The minimum atomic E-state index is -0.353. The molecule has 0 aliphatic heterocycles. The van der Waals surface area contributed by atoms with E-state index in [1.54, 1.807) is 0 Å². The summed E-state index contributed by atoms with van der Waals surface area (Å²) in [7, 11) is 0. The summed E-state index contributed by atoms with van der Waals surface area (Å²) in [5.41, 5.74) is 6.33. The summed E-state index contributed by atoms with van der Waals surface area (Å²) in [4.78, 5) is 18.8. The molecule has 1 aromatic heterocycles. The smallest absolute Gasteiger partial charge is 0.269 e. The molecule has 0 atom stereocenters. The van der Waals surface area contributed by atoms with Crippen LogP contribution in [0, 0.1) is 5.82 Å². The number of carbonyl (C=O) groups is 1. The summed E-state index contributed by atoms with van der Waals surface area (Å²) in [5, 5.41) is 3.40. The molecule has 0 fully saturated rings. The van der Waals surface area contributed by atoms with Gasteiger partial charge in [0.1, 0.15) is 16.5 Å². The van der Waals surface area contributed by atoms with Crippen molar-refractivity contribution >= 4 is 33.9 Å². The molecule has 0 radical (unpaired) electrons. The molecule has 5 nitrogen and oxygen atoms in total. The van der Waals surface area contributed by atoms with E-state index in [0.717, 1.165) is 18.2 Å². The molecule has 1 amide bonds. The van der Waals surface area contributed by atoms with Crippen LogP contribution in [0.2, 0.25) is 0 Å². The summed E-state index contributed by atoms with van der Waals surface area (Å²) < 4.78 is 12.8. The van der Waals surface area contributed by atoms with Crippen molar-refractivity contribution in [3.8, 4) is 0 Å². The number of benzene rings is 1. The van der Waals surface area contributed by atoms with Crippen molar-refractivity contribution in [3.05, 3.63) is 35.0 Å². The van der Waals surface area contributed by atoms with Crippen molar-refractivity contribution < 1.29 is 9.18 Å². The summed E-state index contributed by atoms with van der Waals surface area (Å²) in [6.07, 6.45) is 0. The van der Waals surface area contributed by atoms with Crippen LogP contribution in [0.25, 0.3) is 0 Å². The Kier molecular flexibility index (Phi) is 4.74. The molecule has 0 saturated carbocycles. The van der Waals surface area contributed by atoms with Crippen LogP contribution in [0.3, 0.4) is 0 Å². The molecule has 0 spiro atoms. The van der Waals surface area contributed by atoms with Gasteiger partial charge in [-0.05, 0) is 38.1 Å². The minimum Gasteiger partial charge on any atom is -0.382 e. The summed E-state index contributed by atoms with van der Waals surface area (Å²) >= 11 is 1.25. The lowest BCUT2D eigenvalue weighted by Gasteiger charge is -2.16. The Labute approximate surface area is 126 Å². The number of rotatable bonds is 5. The summed E-state index contributed by atoms with van der Waals surface area (Å²) in [6.45, 7) is 5.61. The molecule has 112 valence electrons. The van der Waals surface area contributed by atoms with Crippen molar-refractivity contribution in [1.29, 1.82) is 0 Å². The van der Waals surface area contributed by atoms with E-state index in [0.29, 0.717) is 10.6 Å². The third kappa shape index (κ3) is 3.49. The van der Waals surface area contributed by atoms with Gasteiger partial charge in [0.2, 0.25) is 0 Å². The topological polar surface area (TPSA) is 71.2 Å². The van der Waals surface area contributed by atoms with Crippen molar-refractivity contribution in [2.45, 2.75) is 13.8 Å². The molecule has 0 aliphatic rings. The molecule has 1 heterocycles. The fraction of sp³-hybridized carbons (Fsp3) is 0.286. The second kappa shape index (κ2) is 6.53. The van der Waals surface area contributed by atoms with E-state index in [2.05, 4.69) is 10.3 Å². The third-order valence-electron chi connectivity index (χ3n) is 2.98. The van der Waals surface area contributed by atoms with Gasteiger partial charge >= 0.3 is 0 Å². The first-order valence-electron chi connectivity index (χ1n) is 6.63. The van der Waals surface area contributed by atoms with Crippen molar-refractivity contribution in [2.24, 2.45) is 0 Å². The number of nitrogens with one attached hydrogen (secondary N) is 1. The van der Waals surface area contributed by atoms with E-state index in [4.69, 9.17) is 5.73 Å². The SMILES string of the molecule is CCN(CC)c1nc(N)c(C(=O)Nc2ccc(F)cc2)s1. The van der Waals surface area contributed by atoms with Crippen molar-refractivity contribution in [1.82, 2.24) is 4.98 Å². The van der Waals surface area contributed by atoms with Crippen LogP contribution in [0.5, 0.6) is 0 Å². The maximum absolute atomic E-state index is 12.8. The number of halogens is 1. The molecular formula is C14H17FN4OS. The molecule has 7 heteroatoms. The standard InChI is InChI=1S/C14H17FN4OS/c1-3-19(4-2)14-18-12(16)11(21-14)13(20)17-10-7-5-9(15)6-8-10/h5-8H,3-4,16H2,1-2H3,(H,17,20). The van der Waals surface area contributed by atoms with E-state index in [1.165, 1.54) is 35.6 Å². The Hall–Kier alpha value is -2.15. The van der Waals surface area contributed by atoms with Gasteiger partial charge in [-0.25, -0.2) is 9.37 Å². The van der Waals surface area contributed by atoms with Gasteiger partial charge in [0.05, 0.1) is 0 Å².